The van der Waals surface area contributed by atoms with Crippen LogP contribution in [0.5, 0.6) is 0 Å². The topological polar surface area (TPSA) is 60.9 Å². The van der Waals surface area contributed by atoms with Crippen LogP contribution in [0, 0.1) is 0 Å². The molecule has 2 fully saturated rings. The van der Waals surface area contributed by atoms with Crippen molar-refractivity contribution in [1.82, 2.24) is 9.21 Å². The molecular weight excluding hydrogens is 308 g/mol. The largest absolute Gasteiger partial charge is 0.395 e. The van der Waals surface area contributed by atoms with Crippen molar-refractivity contribution < 1.29 is 13.5 Å². The second-order valence-corrected chi connectivity index (χ2v) is 8.88. The van der Waals surface area contributed by atoms with Gasteiger partial charge in [0, 0.05) is 25.2 Å². The first kappa shape index (κ1) is 15.4. The highest BCUT2D eigenvalue weighted by molar-refractivity contribution is 7.91. The normalized spacial score (nSPS) is 28.4. The molecule has 1 aromatic rings. The fourth-order valence-electron chi connectivity index (χ4n) is 3.45. The third-order valence-corrected chi connectivity index (χ3v) is 7.86. The Hall–Kier alpha value is -0.470. The summed E-state index contributed by atoms with van der Waals surface area (Å²) < 4.78 is 27.5. The predicted molar refractivity (Wildman–Crippen MR) is 82.9 cm³/mol. The number of likely N-dealkylation sites (tertiary alicyclic amines) is 1. The molecule has 0 amide bonds. The summed E-state index contributed by atoms with van der Waals surface area (Å²) in [6.45, 7) is 2.50. The molecule has 2 saturated heterocycles. The zero-order valence-corrected chi connectivity index (χ0v) is 13.7. The van der Waals surface area contributed by atoms with Crippen LogP contribution in [0.1, 0.15) is 25.7 Å². The van der Waals surface area contributed by atoms with Crippen molar-refractivity contribution in [3.8, 4) is 0 Å². The lowest BCUT2D eigenvalue weighted by atomic mass is 10.2. The molecule has 0 aromatic carbocycles. The fourth-order valence-corrected chi connectivity index (χ4v) is 6.25. The lowest BCUT2D eigenvalue weighted by Crippen LogP contribution is -2.45. The van der Waals surface area contributed by atoms with E-state index >= 15 is 0 Å². The number of aliphatic hydroxyl groups excluding tert-OH is 1. The molecule has 0 saturated carbocycles. The van der Waals surface area contributed by atoms with E-state index in [1.165, 1.54) is 11.3 Å². The van der Waals surface area contributed by atoms with Gasteiger partial charge in [-0.1, -0.05) is 6.07 Å². The van der Waals surface area contributed by atoms with Gasteiger partial charge in [-0.25, -0.2) is 8.42 Å². The molecule has 2 unspecified atom stereocenters. The molecule has 7 heteroatoms. The number of thiophene rings is 1. The fraction of sp³-hybridized carbons (Fsp3) is 0.714. The van der Waals surface area contributed by atoms with Crippen molar-refractivity contribution in [3.05, 3.63) is 17.5 Å². The van der Waals surface area contributed by atoms with Gasteiger partial charge in [0.05, 0.1) is 6.61 Å². The van der Waals surface area contributed by atoms with Gasteiger partial charge in [-0.05, 0) is 43.7 Å². The summed E-state index contributed by atoms with van der Waals surface area (Å²) in [4.78, 5) is 2.26. The molecule has 0 radical (unpaired) electrons. The molecule has 5 nitrogen and oxygen atoms in total. The first-order chi connectivity index (χ1) is 10.1. The third kappa shape index (κ3) is 3.03. The summed E-state index contributed by atoms with van der Waals surface area (Å²) in [6.07, 6.45) is 3.95. The zero-order valence-electron chi connectivity index (χ0n) is 12.0. The van der Waals surface area contributed by atoms with Crippen molar-refractivity contribution in [2.75, 3.05) is 26.2 Å². The zero-order chi connectivity index (χ0) is 14.9. The van der Waals surface area contributed by atoms with E-state index in [1.54, 1.807) is 21.8 Å². The van der Waals surface area contributed by atoms with Crippen molar-refractivity contribution >= 4 is 21.4 Å². The molecule has 1 N–H and O–H groups in total. The molecule has 0 bridgehead atoms. The van der Waals surface area contributed by atoms with Crippen molar-refractivity contribution in [2.45, 2.75) is 42.0 Å². The number of aliphatic hydroxyl groups is 1. The first-order valence-corrected chi connectivity index (χ1v) is 9.85. The van der Waals surface area contributed by atoms with Crippen molar-refractivity contribution in [1.29, 1.82) is 0 Å². The monoisotopic (exact) mass is 330 g/mol. The Morgan fingerprint density at radius 2 is 2.00 bits per heavy atom. The number of hydrogen-bond acceptors (Lipinski definition) is 5. The number of hydrogen-bond donors (Lipinski definition) is 1. The summed E-state index contributed by atoms with van der Waals surface area (Å²) in [5, 5.41) is 11.2. The van der Waals surface area contributed by atoms with Crippen LogP contribution in [0.25, 0.3) is 0 Å². The van der Waals surface area contributed by atoms with E-state index in [-0.39, 0.29) is 18.7 Å². The maximum absolute atomic E-state index is 12.7. The van der Waals surface area contributed by atoms with Gasteiger partial charge in [0.1, 0.15) is 4.21 Å². The van der Waals surface area contributed by atoms with E-state index in [9.17, 15) is 13.5 Å². The Morgan fingerprint density at radius 1 is 1.24 bits per heavy atom. The average Bonchev–Trinajstić information content (AvgIpc) is 3.21. The highest BCUT2D eigenvalue weighted by atomic mass is 32.2. The molecule has 2 aliphatic heterocycles. The molecule has 2 atom stereocenters. The minimum atomic E-state index is -3.35. The quantitative estimate of drug-likeness (QED) is 0.885. The molecule has 1 aromatic heterocycles. The van der Waals surface area contributed by atoms with Gasteiger partial charge in [-0.2, -0.15) is 4.31 Å². The Balaban J connectivity index is 1.74. The SMILES string of the molecule is O=S(=O)(c1cccs1)N1CCCC1CN1CCCC1CO. The Morgan fingerprint density at radius 3 is 2.71 bits per heavy atom. The number of nitrogens with zero attached hydrogens (tertiary/aromatic N) is 2. The van der Waals surface area contributed by atoms with Crippen molar-refractivity contribution in [3.63, 3.8) is 0 Å². The van der Waals surface area contributed by atoms with Crippen LogP contribution >= 0.6 is 11.3 Å². The van der Waals surface area contributed by atoms with E-state index in [0.29, 0.717) is 10.8 Å². The van der Waals surface area contributed by atoms with Crippen LogP contribution in [0.3, 0.4) is 0 Å². The molecule has 0 spiro atoms. The number of sulfonamides is 1. The summed E-state index contributed by atoms with van der Waals surface area (Å²) in [5.74, 6) is 0. The van der Waals surface area contributed by atoms with Gasteiger partial charge in [0.2, 0.25) is 0 Å². The van der Waals surface area contributed by atoms with Gasteiger partial charge in [-0.3, -0.25) is 4.90 Å². The van der Waals surface area contributed by atoms with Gasteiger partial charge in [0.25, 0.3) is 10.0 Å². The van der Waals surface area contributed by atoms with E-state index in [1.807, 2.05) is 0 Å². The molecular formula is C14H22N2O3S2. The van der Waals surface area contributed by atoms with Crippen molar-refractivity contribution in [2.24, 2.45) is 0 Å². The van der Waals surface area contributed by atoms with Gasteiger partial charge >= 0.3 is 0 Å². The Labute approximate surface area is 130 Å². The summed E-state index contributed by atoms with van der Waals surface area (Å²) >= 11 is 1.28. The predicted octanol–water partition coefficient (Wildman–Crippen LogP) is 1.36. The van der Waals surface area contributed by atoms with Gasteiger partial charge < -0.3 is 5.11 Å². The smallest absolute Gasteiger partial charge is 0.252 e. The second kappa shape index (κ2) is 6.34. The van der Waals surface area contributed by atoms with Crippen LogP contribution < -0.4 is 0 Å². The lowest BCUT2D eigenvalue weighted by Gasteiger charge is -2.30. The van der Waals surface area contributed by atoms with Crippen LogP contribution in [0.15, 0.2) is 21.7 Å². The first-order valence-electron chi connectivity index (χ1n) is 7.53. The van der Waals surface area contributed by atoms with Crippen LogP contribution in [0.2, 0.25) is 0 Å². The van der Waals surface area contributed by atoms with E-state index < -0.39 is 10.0 Å². The molecule has 3 rings (SSSR count). The standard InChI is InChI=1S/C14H22N2O3S2/c17-11-13-5-1-7-15(13)10-12-4-2-8-16(12)21(18,19)14-6-3-9-20-14/h3,6,9,12-13,17H,1-2,4-5,7-8,10-11H2. The molecule has 118 valence electrons. The lowest BCUT2D eigenvalue weighted by molar-refractivity contribution is 0.140. The number of rotatable bonds is 5. The molecule has 2 aliphatic rings. The molecule has 21 heavy (non-hydrogen) atoms. The molecule has 3 heterocycles. The summed E-state index contributed by atoms with van der Waals surface area (Å²) in [5.41, 5.74) is 0. The maximum atomic E-state index is 12.7. The van der Waals surface area contributed by atoms with E-state index in [0.717, 1.165) is 38.8 Å². The second-order valence-electron chi connectivity index (χ2n) is 5.82. The van der Waals surface area contributed by atoms with Crippen LogP contribution in [-0.2, 0) is 10.0 Å². The third-order valence-electron chi connectivity index (χ3n) is 4.54. The van der Waals surface area contributed by atoms with Crippen LogP contribution in [0.4, 0.5) is 0 Å². The summed E-state index contributed by atoms with van der Waals surface area (Å²) in [6, 6.07) is 3.72. The van der Waals surface area contributed by atoms with E-state index in [4.69, 9.17) is 0 Å². The minimum absolute atomic E-state index is 0.0456. The Kier molecular flexibility index (Phi) is 4.66. The van der Waals surface area contributed by atoms with Crippen LogP contribution in [-0.4, -0.2) is 61.1 Å². The highest BCUT2D eigenvalue weighted by Gasteiger charge is 2.38. The van der Waals surface area contributed by atoms with E-state index in [2.05, 4.69) is 4.90 Å². The highest BCUT2D eigenvalue weighted by Crippen LogP contribution is 2.30. The van der Waals surface area contributed by atoms with Gasteiger partial charge in [0.15, 0.2) is 0 Å². The maximum Gasteiger partial charge on any atom is 0.252 e. The molecule has 0 aliphatic carbocycles. The Bertz CT molecular complexity index is 559. The average molecular weight is 330 g/mol. The van der Waals surface area contributed by atoms with Gasteiger partial charge in [-0.15, -0.1) is 11.3 Å². The summed E-state index contributed by atoms with van der Waals surface area (Å²) in [7, 11) is -3.35. The minimum Gasteiger partial charge on any atom is -0.395 e.